The summed E-state index contributed by atoms with van der Waals surface area (Å²) in [6.07, 6.45) is 0. The average molecular weight is 368 g/mol. The number of nitrogens with one attached hydrogen (secondary N) is 1. The van der Waals surface area contributed by atoms with Gasteiger partial charge in [-0.25, -0.2) is 0 Å². The molecule has 1 fully saturated rings. The molecule has 0 bridgehead atoms. The van der Waals surface area contributed by atoms with Crippen LogP contribution in [0.3, 0.4) is 0 Å². The van der Waals surface area contributed by atoms with Gasteiger partial charge in [-0.2, -0.15) is 0 Å². The SMILES string of the molecule is O=C(Nc1ccccc1C(=O)N1CCOCC1)c1ccc2c(c1)OCCO2. The van der Waals surface area contributed by atoms with Crippen LogP contribution in [0.5, 0.6) is 11.5 Å². The van der Waals surface area contributed by atoms with Gasteiger partial charge in [0.1, 0.15) is 13.2 Å². The molecule has 140 valence electrons. The molecule has 7 nitrogen and oxygen atoms in total. The maximum Gasteiger partial charge on any atom is 0.256 e. The first kappa shape index (κ1) is 17.4. The van der Waals surface area contributed by atoms with Gasteiger partial charge in [0.2, 0.25) is 0 Å². The van der Waals surface area contributed by atoms with Gasteiger partial charge in [-0.05, 0) is 30.3 Å². The minimum Gasteiger partial charge on any atom is -0.486 e. The molecule has 0 atom stereocenters. The molecule has 4 rings (SSSR count). The molecule has 0 aliphatic carbocycles. The number of fused-ring (bicyclic) bond motifs is 1. The molecule has 7 heteroatoms. The summed E-state index contributed by atoms with van der Waals surface area (Å²) in [6, 6.07) is 12.1. The molecule has 0 radical (unpaired) electrons. The first-order valence-corrected chi connectivity index (χ1v) is 8.89. The van der Waals surface area contributed by atoms with Crippen molar-refractivity contribution in [1.29, 1.82) is 0 Å². The molecule has 2 aliphatic heterocycles. The lowest BCUT2D eigenvalue weighted by Gasteiger charge is -2.27. The molecule has 2 aromatic rings. The number of ether oxygens (including phenoxy) is 3. The Bertz CT molecular complexity index is 861. The predicted molar refractivity (Wildman–Crippen MR) is 98.5 cm³/mol. The molecule has 2 heterocycles. The lowest BCUT2D eigenvalue weighted by molar-refractivity contribution is 0.0303. The molecule has 0 aromatic heterocycles. The van der Waals surface area contributed by atoms with Crippen molar-refractivity contribution in [3.05, 3.63) is 53.6 Å². The van der Waals surface area contributed by atoms with Crippen LogP contribution in [-0.4, -0.2) is 56.2 Å². The monoisotopic (exact) mass is 368 g/mol. The molecule has 27 heavy (non-hydrogen) atoms. The lowest BCUT2D eigenvalue weighted by Crippen LogP contribution is -2.41. The number of hydrogen-bond donors (Lipinski definition) is 1. The zero-order valence-electron chi connectivity index (χ0n) is 14.8. The second-order valence-corrected chi connectivity index (χ2v) is 6.26. The summed E-state index contributed by atoms with van der Waals surface area (Å²) in [4.78, 5) is 27.2. The second kappa shape index (κ2) is 7.67. The van der Waals surface area contributed by atoms with Gasteiger partial charge < -0.3 is 24.4 Å². The Morgan fingerprint density at radius 3 is 2.44 bits per heavy atom. The maximum absolute atomic E-state index is 12.8. The van der Waals surface area contributed by atoms with Gasteiger partial charge in [0.15, 0.2) is 11.5 Å². The Hall–Kier alpha value is -3.06. The van der Waals surface area contributed by atoms with Crippen molar-refractivity contribution in [3.8, 4) is 11.5 Å². The number of hydrogen-bond acceptors (Lipinski definition) is 5. The molecule has 1 N–H and O–H groups in total. The summed E-state index contributed by atoms with van der Waals surface area (Å²) >= 11 is 0. The molecule has 2 aromatic carbocycles. The van der Waals surface area contributed by atoms with Gasteiger partial charge in [-0.3, -0.25) is 9.59 Å². The number of nitrogens with zero attached hydrogens (tertiary/aromatic N) is 1. The first-order valence-electron chi connectivity index (χ1n) is 8.89. The number of rotatable bonds is 3. The van der Waals surface area contributed by atoms with E-state index in [1.807, 2.05) is 0 Å². The third-order valence-electron chi connectivity index (χ3n) is 4.51. The predicted octanol–water partition coefficient (Wildman–Crippen LogP) is 2.18. The van der Waals surface area contributed by atoms with E-state index in [0.29, 0.717) is 67.8 Å². The fraction of sp³-hybridized carbons (Fsp3) is 0.300. The van der Waals surface area contributed by atoms with Gasteiger partial charge in [-0.15, -0.1) is 0 Å². The summed E-state index contributed by atoms with van der Waals surface area (Å²) in [7, 11) is 0. The highest BCUT2D eigenvalue weighted by atomic mass is 16.6. The van der Waals surface area contributed by atoms with Crippen molar-refractivity contribution in [3.63, 3.8) is 0 Å². The van der Waals surface area contributed by atoms with Crippen LogP contribution in [0.25, 0.3) is 0 Å². The third kappa shape index (κ3) is 3.73. The van der Waals surface area contributed by atoms with Crippen molar-refractivity contribution in [2.45, 2.75) is 0 Å². The van der Waals surface area contributed by atoms with E-state index < -0.39 is 0 Å². The Kier molecular flexibility index (Phi) is 4.93. The third-order valence-corrected chi connectivity index (χ3v) is 4.51. The Balaban J connectivity index is 1.54. The lowest BCUT2D eigenvalue weighted by atomic mass is 10.1. The van der Waals surface area contributed by atoms with Crippen LogP contribution in [0.4, 0.5) is 5.69 Å². The fourth-order valence-electron chi connectivity index (χ4n) is 3.09. The van der Waals surface area contributed by atoms with Crippen LogP contribution in [0.2, 0.25) is 0 Å². The summed E-state index contributed by atoms with van der Waals surface area (Å²) in [5.74, 6) is 0.748. The van der Waals surface area contributed by atoms with Gasteiger partial charge >= 0.3 is 0 Å². The second-order valence-electron chi connectivity index (χ2n) is 6.26. The highest BCUT2D eigenvalue weighted by molar-refractivity contribution is 6.09. The van der Waals surface area contributed by atoms with Crippen LogP contribution < -0.4 is 14.8 Å². The van der Waals surface area contributed by atoms with E-state index in [4.69, 9.17) is 14.2 Å². The molecule has 2 amide bonds. The minimum atomic E-state index is -0.311. The van der Waals surface area contributed by atoms with Crippen LogP contribution >= 0.6 is 0 Å². The Morgan fingerprint density at radius 1 is 0.889 bits per heavy atom. The highest BCUT2D eigenvalue weighted by Gasteiger charge is 2.22. The normalized spacial score (nSPS) is 15.9. The molecule has 2 aliphatic rings. The number of morpholine rings is 1. The molecule has 0 spiro atoms. The standard InChI is InChI=1S/C20H20N2O5/c23-19(14-5-6-17-18(13-14)27-12-11-26-17)21-16-4-2-1-3-15(16)20(24)22-7-9-25-10-8-22/h1-6,13H,7-12H2,(H,21,23). The van der Waals surface area contributed by atoms with E-state index in [9.17, 15) is 9.59 Å². The number of benzene rings is 2. The number of amides is 2. The van der Waals surface area contributed by atoms with E-state index >= 15 is 0 Å². The first-order chi connectivity index (χ1) is 13.2. The summed E-state index contributed by atoms with van der Waals surface area (Å²) < 4.78 is 16.3. The van der Waals surface area contributed by atoms with E-state index in [0.717, 1.165) is 0 Å². The highest BCUT2D eigenvalue weighted by Crippen LogP contribution is 2.31. The summed E-state index contributed by atoms with van der Waals surface area (Å²) in [5.41, 5.74) is 1.38. The molecule has 0 unspecified atom stereocenters. The smallest absolute Gasteiger partial charge is 0.256 e. The number of para-hydroxylation sites is 1. The van der Waals surface area contributed by atoms with E-state index in [1.54, 1.807) is 47.4 Å². The zero-order chi connectivity index (χ0) is 18.6. The quantitative estimate of drug-likeness (QED) is 0.899. The van der Waals surface area contributed by atoms with Crippen molar-refractivity contribution < 1.29 is 23.8 Å². The fourth-order valence-corrected chi connectivity index (χ4v) is 3.09. The van der Waals surface area contributed by atoms with Crippen molar-refractivity contribution >= 4 is 17.5 Å². The summed E-state index contributed by atoms with van der Waals surface area (Å²) in [6.45, 7) is 3.09. The maximum atomic E-state index is 12.8. The number of carbonyl (C=O) groups excluding carboxylic acids is 2. The van der Waals surface area contributed by atoms with Crippen molar-refractivity contribution in [2.75, 3.05) is 44.8 Å². The van der Waals surface area contributed by atoms with E-state index in [2.05, 4.69) is 5.32 Å². The van der Waals surface area contributed by atoms with Crippen LogP contribution in [0.1, 0.15) is 20.7 Å². The molecule has 0 saturated carbocycles. The van der Waals surface area contributed by atoms with Gasteiger partial charge in [0.25, 0.3) is 11.8 Å². The summed E-state index contributed by atoms with van der Waals surface area (Å²) in [5, 5.41) is 2.84. The number of anilines is 1. The molecular weight excluding hydrogens is 348 g/mol. The molecule has 1 saturated heterocycles. The van der Waals surface area contributed by atoms with Gasteiger partial charge in [0.05, 0.1) is 24.5 Å². The van der Waals surface area contributed by atoms with E-state index in [1.165, 1.54) is 0 Å². The van der Waals surface area contributed by atoms with Crippen LogP contribution in [-0.2, 0) is 4.74 Å². The minimum absolute atomic E-state index is 0.114. The topological polar surface area (TPSA) is 77.1 Å². The number of carbonyl (C=O) groups is 2. The Labute approximate surface area is 156 Å². The van der Waals surface area contributed by atoms with Crippen LogP contribution in [0.15, 0.2) is 42.5 Å². The largest absolute Gasteiger partial charge is 0.486 e. The molecular formula is C20H20N2O5. The van der Waals surface area contributed by atoms with Gasteiger partial charge in [0, 0.05) is 18.7 Å². The van der Waals surface area contributed by atoms with Crippen molar-refractivity contribution in [2.24, 2.45) is 0 Å². The zero-order valence-corrected chi connectivity index (χ0v) is 14.8. The van der Waals surface area contributed by atoms with E-state index in [-0.39, 0.29) is 11.8 Å². The van der Waals surface area contributed by atoms with Crippen LogP contribution in [0, 0.1) is 0 Å². The van der Waals surface area contributed by atoms with Gasteiger partial charge in [-0.1, -0.05) is 12.1 Å². The Morgan fingerprint density at radius 2 is 1.63 bits per heavy atom. The average Bonchev–Trinajstić information content (AvgIpc) is 2.74. The van der Waals surface area contributed by atoms with Crippen molar-refractivity contribution in [1.82, 2.24) is 4.90 Å².